The van der Waals surface area contributed by atoms with E-state index in [9.17, 15) is 9.18 Å². The minimum Gasteiger partial charge on any atom is -0.368 e. The van der Waals surface area contributed by atoms with E-state index < -0.39 is 11.7 Å². The molecule has 2 aromatic heterocycles. The van der Waals surface area contributed by atoms with E-state index >= 15 is 0 Å². The SMILES string of the molecule is NC(=O)c1ccc(F)c(-c2ccc(NCC3(c4ccccn4)CCC3)nn2)c1. The maximum Gasteiger partial charge on any atom is 0.248 e. The van der Waals surface area contributed by atoms with Crippen molar-refractivity contribution >= 4 is 11.7 Å². The zero-order valence-electron chi connectivity index (χ0n) is 15.2. The maximum atomic E-state index is 14.1. The first kappa shape index (κ1) is 18.0. The number of nitrogens with two attached hydrogens (primary N) is 1. The summed E-state index contributed by atoms with van der Waals surface area (Å²) in [6.07, 6.45) is 5.15. The lowest BCUT2D eigenvalue weighted by atomic mass is 9.66. The standard InChI is InChI=1S/C21H20FN5O/c22-16-6-5-14(20(23)28)12-15(16)17-7-8-19(27-26-17)25-13-21(9-3-10-21)18-4-1-2-11-24-18/h1-2,4-8,11-12H,3,9-10,13H2,(H2,23,28)(H,25,27). The van der Waals surface area contributed by atoms with Gasteiger partial charge < -0.3 is 11.1 Å². The summed E-state index contributed by atoms with van der Waals surface area (Å²) in [5, 5.41) is 11.6. The second-order valence-electron chi connectivity index (χ2n) is 7.07. The number of anilines is 1. The fourth-order valence-electron chi connectivity index (χ4n) is 3.51. The zero-order valence-corrected chi connectivity index (χ0v) is 15.2. The van der Waals surface area contributed by atoms with Crippen molar-refractivity contribution in [2.24, 2.45) is 5.73 Å². The summed E-state index contributed by atoms with van der Waals surface area (Å²) >= 11 is 0. The van der Waals surface area contributed by atoms with Crippen LogP contribution in [0.25, 0.3) is 11.3 Å². The van der Waals surface area contributed by atoms with Gasteiger partial charge in [0, 0.05) is 35.0 Å². The summed E-state index contributed by atoms with van der Waals surface area (Å²) < 4.78 is 14.1. The Morgan fingerprint density at radius 2 is 2.00 bits per heavy atom. The number of benzene rings is 1. The van der Waals surface area contributed by atoms with Gasteiger partial charge in [0.2, 0.25) is 5.91 Å². The number of hydrogen-bond acceptors (Lipinski definition) is 5. The van der Waals surface area contributed by atoms with E-state index in [1.165, 1.54) is 24.6 Å². The molecule has 0 saturated heterocycles. The van der Waals surface area contributed by atoms with Gasteiger partial charge in [0.15, 0.2) is 0 Å². The molecule has 142 valence electrons. The minimum absolute atomic E-state index is 0.0174. The molecule has 1 aromatic carbocycles. The number of carbonyl (C=O) groups excluding carboxylic acids is 1. The molecule has 1 amide bonds. The largest absolute Gasteiger partial charge is 0.368 e. The summed E-state index contributed by atoms with van der Waals surface area (Å²) in [6.45, 7) is 0.712. The summed E-state index contributed by atoms with van der Waals surface area (Å²) in [4.78, 5) is 15.8. The molecule has 0 atom stereocenters. The lowest BCUT2D eigenvalue weighted by Crippen LogP contribution is -2.41. The predicted molar refractivity (Wildman–Crippen MR) is 104 cm³/mol. The van der Waals surface area contributed by atoms with Gasteiger partial charge in [0.05, 0.1) is 5.69 Å². The van der Waals surface area contributed by atoms with Crippen LogP contribution in [0.5, 0.6) is 0 Å². The second-order valence-corrected chi connectivity index (χ2v) is 7.07. The highest BCUT2D eigenvalue weighted by atomic mass is 19.1. The molecule has 1 aliphatic carbocycles. The highest BCUT2D eigenvalue weighted by Gasteiger charge is 2.39. The van der Waals surface area contributed by atoms with Gasteiger partial charge >= 0.3 is 0 Å². The Balaban J connectivity index is 1.50. The summed E-state index contributed by atoms with van der Waals surface area (Å²) in [5.41, 5.74) is 7.13. The fourth-order valence-corrected chi connectivity index (χ4v) is 3.51. The van der Waals surface area contributed by atoms with E-state index in [4.69, 9.17) is 5.73 Å². The van der Waals surface area contributed by atoms with Crippen molar-refractivity contribution in [3.8, 4) is 11.3 Å². The van der Waals surface area contributed by atoms with E-state index in [0.717, 1.165) is 18.5 Å². The van der Waals surface area contributed by atoms with Crippen LogP contribution >= 0.6 is 0 Å². The molecule has 28 heavy (non-hydrogen) atoms. The first-order chi connectivity index (χ1) is 13.6. The molecule has 3 aromatic rings. The monoisotopic (exact) mass is 377 g/mol. The lowest BCUT2D eigenvalue weighted by Gasteiger charge is -2.41. The van der Waals surface area contributed by atoms with Gasteiger partial charge in [-0.2, -0.15) is 0 Å². The van der Waals surface area contributed by atoms with Crippen LogP contribution < -0.4 is 11.1 Å². The number of carbonyl (C=O) groups is 1. The molecule has 0 spiro atoms. The van der Waals surface area contributed by atoms with Gasteiger partial charge in [0.1, 0.15) is 11.6 Å². The molecular formula is C21H20FN5O. The summed E-state index contributed by atoms with van der Waals surface area (Å²) in [7, 11) is 0. The fraction of sp³-hybridized carbons (Fsp3) is 0.238. The Kier molecular flexibility index (Phi) is 4.73. The number of nitrogens with one attached hydrogen (secondary N) is 1. The molecule has 4 rings (SSSR count). The van der Waals surface area contributed by atoms with E-state index in [0.29, 0.717) is 18.1 Å². The summed E-state index contributed by atoms with van der Waals surface area (Å²) in [5.74, 6) is -0.492. The summed E-state index contributed by atoms with van der Waals surface area (Å²) in [6, 6.07) is 13.3. The Morgan fingerprint density at radius 3 is 2.61 bits per heavy atom. The molecule has 2 heterocycles. The maximum absolute atomic E-state index is 14.1. The Morgan fingerprint density at radius 1 is 1.14 bits per heavy atom. The van der Waals surface area contributed by atoms with Crippen LogP contribution in [0.4, 0.5) is 10.2 Å². The second kappa shape index (κ2) is 7.34. The number of hydrogen-bond donors (Lipinski definition) is 2. The predicted octanol–water partition coefficient (Wildman–Crippen LogP) is 3.31. The van der Waals surface area contributed by atoms with Crippen LogP contribution in [0.3, 0.4) is 0 Å². The average Bonchev–Trinajstić information content (AvgIpc) is 2.69. The molecule has 7 heteroatoms. The van der Waals surface area contributed by atoms with E-state index in [1.807, 2.05) is 18.3 Å². The third-order valence-corrected chi connectivity index (χ3v) is 5.32. The minimum atomic E-state index is -0.618. The van der Waals surface area contributed by atoms with Crippen molar-refractivity contribution < 1.29 is 9.18 Å². The molecule has 6 nitrogen and oxygen atoms in total. The number of pyridine rings is 1. The smallest absolute Gasteiger partial charge is 0.248 e. The van der Waals surface area contributed by atoms with Gasteiger partial charge in [0.25, 0.3) is 0 Å². The number of primary amides is 1. The van der Waals surface area contributed by atoms with Crippen LogP contribution in [0.2, 0.25) is 0 Å². The molecule has 0 radical (unpaired) electrons. The topological polar surface area (TPSA) is 93.8 Å². The van der Waals surface area contributed by atoms with Gasteiger partial charge in [-0.15, -0.1) is 10.2 Å². The van der Waals surface area contributed by atoms with Gasteiger partial charge in [-0.25, -0.2) is 4.39 Å². The number of aromatic nitrogens is 3. The molecular weight excluding hydrogens is 357 g/mol. The molecule has 1 aliphatic rings. The van der Waals surface area contributed by atoms with Crippen molar-refractivity contribution in [1.29, 1.82) is 0 Å². The molecule has 0 bridgehead atoms. The van der Waals surface area contributed by atoms with Crippen LogP contribution in [-0.4, -0.2) is 27.6 Å². The van der Waals surface area contributed by atoms with Gasteiger partial charge in [-0.05, 0) is 55.3 Å². The third kappa shape index (κ3) is 3.43. The zero-order chi connectivity index (χ0) is 19.6. The highest BCUT2D eigenvalue weighted by Crippen LogP contribution is 2.42. The Hall–Kier alpha value is -3.35. The van der Waals surface area contributed by atoms with E-state index in [1.54, 1.807) is 12.1 Å². The van der Waals surface area contributed by atoms with Crippen LogP contribution in [0.15, 0.2) is 54.7 Å². The third-order valence-electron chi connectivity index (χ3n) is 5.32. The van der Waals surface area contributed by atoms with Crippen LogP contribution in [-0.2, 0) is 5.41 Å². The van der Waals surface area contributed by atoms with Crippen LogP contribution in [0, 0.1) is 5.82 Å². The average molecular weight is 377 g/mol. The molecule has 0 unspecified atom stereocenters. The van der Waals surface area contributed by atoms with Crippen molar-refractivity contribution in [3.05, 3.63) is 71.8 Å². The number of halogens is 1. The number of amides is 1. The first-order valence-corrected chi connectivity index (χ1v) is 9.16. The molecule has 1 fully saturated rings. The van der Waals surface area contributed by atoms with E-state index in [-0.39, 0.29) is 16.5 Å². The van der Waals surface area contributed by atoms with Gasteiger partial charge in [-0.1, -0.05) is 12.5 Å². The van der Waals surface area contributed by atoms with Crippen molar-refractivity contribution in [1.82, 2.24) is 15.2 Å². The van der Waals surface area contributed by atoms with Crippen molar-refractivity contribution in [2.45, 2.75) is 24.7 Å². The van der Waals surface area contributed by atoms with E-state index in [2.05, 4.69) is 26.6 Å². The van der Waals surface area contributed by atoms with Crippen LogP contribution in [0.1, 0.15) is 35.3 Å². The van der Waals surface area contributed by atoms with Crippen molar-refractivity contribution in [3.63, 3.8) is 0 Å². The number of nitrogens with zero attached hydrogens (tertiary/aromatic N) is 3. The molecule has 3 N–H and O–H groups in total. The first-order valence-electron chi connectivity index (χ1n) is 9.16. The van der Waals surface area contributed by atoms with Gasteiger partial charge in [-0.3, -0.25) is 9.78 Å². The number of rotatable bonds is 6. The highest BCUT2D eigenvalue weighted by molar-refractivity contribution is 5.94. The molecule has 0 aliphatic heterocycles. The normalized spacial score (nSPS) is 14.9. The van der Waals surface area contributed by atoms with Crippen molar-refractivity contribution in [2.75, 3.05) is 11.9 Å². The molecule has 1 saturated carbocycles. The Bertz CT molecular complexity index is 987. The lowest BCUT2D eigenvalue weighted by molar-refractivity contribution is 0.100. The Labute approximate surface area is 162 Å². The quantitative estimate of drug-likeness (QED) is 0.687.